The Bertz CT molecular complexity index is 1110. The zero-order valence-corrected chi connectivity index (χ0v) is 18.4. The molecule has 0 aliphatic heterocycles. The number of halogens is 1. The highest BCUT2D eigenvalue weighted by Crippen LogP contribution is 2.40. The van der Waals surface area contributed by atoms with Gasteiger partial charge in [0.15, 0.2) is 0 Å². The lowest BCUT2D eigenvalue weighted by Gasteiger charge is -2.18. The maximum atomic E-state index is 10.6. The molecule has 2 heterocycles. The number of aryl methyl sites for hydroxylation is 2. The van der Waals surface area contributed by atoms with Crippen molar-refractivity contribution in [1.29, 1.82) is 0 Å². The fourth-order valence-corrected chi connectivity index (χ4v) is 4.09. The first-order valence-electron chi connectivity index (χ1n) is 9.08. The molecular weight excluding hydrogens is 408 g/mol. The first-order valence-corrected chi connectivity index (χ1v) is 10.4. The Morgan fingerprint density at radius 3 is 2.69 bits per heavy atom. The SMILES string of the molecule is C=C/C=C(\C(=C/C)SN(O)c1noc(C)c1C)c1ccc(CCl)c2cc(C)oc12. The van der Waals surface area contributed by atoms with Crippen LogP contribution >= 0.6 is 23.5 Å². The molecule has 7 heteroatoms. The molecule has 2 aromatic heterocycles. The molecule has 0 aliphatic carbocycles. The normalized spacial score (nSPS) is 12.6. The van der Waals surface area contributed by atoms with E-state index >= 15 is 0 Å². The van der Waals surface area contributed by atoms with E-state index in [4.69, 9.17) is 20.5 Å². The van der Waals surface area contributed by atoms with Crippen molar-refractivity contribution < 1.29 is 14.1 Å². The van der Waals surface area contributed by atoms with Crippen molar-refractivity contribution in [1.82, 2.24) is 5.16 Å². The van der Waals surface area contributed by atoms with Crippen LogP contribution in [0.5, 0.6) is 0 Å². The Morgan fingerprint density at radius 1 is 1.34 bits per heavy atom. The molecular formula is C22H23ClN2O3S. The predicted octanol–water partition coefficient (Wildman–Crippen LogP) is 7.10. The molecule has 0 saturated carbocycles. The zero-order chi connectivity index (χ0) is 21.1. The van der Waals surface area contributed by atoms with Gasteiger partial charge in [-0.15, -0.1) is 11.6 Å². The highest BCUT2D eigenvalue weighted by atomic mass is 35.5. The summed E-state index contributed by atoms with van der Waals surface area (Å²) in [6.45, 7) is 11.3. The van der Waals surface area contributed by atoms with Crippen molar-refractivity contribution in [2.24, 2.45) is 0 Å². The Labute approximate surface area is 179 Å². The minimum absolute atomic E-state index is 0.362. The van der Waals surface area contributed by atoms with Crippen molar-refractivity contribution in [3.8, 4) is 0 Å². The van der Waals surface area contributed by atoms with Gasteiger partial charge in [0.2, 0.25) is 5.82 Å². The Balaban J connectivity index is 2.05. The lowest BCUT2D eigenvalue weighted by atomic mass is 9.99. The number of fused-ring (bicyclic) bond motifs is 1. The summed E-state index contributed by atoms with van der Waals surface area (Å²) in [6.07, 6.45) is 5.52. The average Bonchev–Trinajstić information content (AvgIpc) is 3.26. The van der Waals surface area contributed by atoms with Crippen LogP contribution in [-0.2, 0) is 5.88 Å². The first kappa shape index (κ1) is 21.3. The monoisotopic (exact) mass is 430 g/mol. The van der Waals surface area contributed by atoms with Gasteiger partial charge in [-0.05, 0) is 39.3 Å². The quantitative estimate of drug-likeness (QED) is 0.186. The summed E-state index contributed by atoms with van der Waals surface area (Å²) >= 11 is 7.25. The van der Waals surface area contributed by atoms with Crippen LogP contribution < -0.4 is 4.47 Å². The molecule has 0 unspecified atom stereocenters. The molecule has 0 amide bonds. The van der Waals surface area contributed by atoms with Crippen LogP contribution in [0.3, 0.4) is 0 Å². The molecule has 0 fully saturated rings. The largest absolute Gasteiger partial charge is 0.461 e. The third-order valence-corrected chi connectivity index (χ3v) is 5.93. The molecule has 0 radical (unpaired) electrons. The number of anilines is 1. The molecule has 152 valence electrons. The second kappa shape index (κ2) is 8.95. The maximum absolute atomic E-state index is 10.6. The molecule has 0 spiro atoms. The first-order chi connectivity index (χ1) is 13.9. The fourth-order valence-electron chi connectivity index (χ4n) is 3.03. The van der Waals surface area contributed by atoms with E-state index < -0.39 is 0 Å². The molecule has 0 atom stereocenters. The van der Waals surface area contributed by atoms with Gasteiger partial charge in [0.1, 0.15) is 17.1 Å². The van der Waals surface area contributed by atoms with Crippen molar-refractivity contribution in [3.63, 3.8) is 0 Å². The molecule has 0 bridgehead atoms. The van der Waals surface area contributed by atoms with E-state index in [0.717, 1.165) is 60.3 Å². The van der Waals surface area contributed by atoms with E-state index in [1.165, 1.54) is 0 Å². The number of nitrogens with zero attached hydrogens (tertiary/aromatic N) is 2. The van der Waals surface area contributed by atoms with E-state index in [0.29, 0.717) is 17.5 Å². The lowest BCUT2D eigenvalue weighted by molar-refractivity contribution is 0.317. The second-order valence-corrected chi connectivity index (χ2v) is 7.76. The van der Waals surface area contributed by atoms with E-state index in [-0.39, 0.29) is 0 Å². The van der Waals surface area contributed by atoms with Gasteiger partial charge in [0, 0.05) is 44.8 Å². The summed E-state index contributed by atoms with van der Waals surface area (Å²) in [6, 6.07) is 5.97. The highest BCUT2D eigenvalue weighted by Gasteiger charge is 2.21. The molecule has 5 nitrogen and oxygen atoms in total. The van der Waals surface area contributed by atoms with Gasteiger partial charge < -0.3 is 8.94 Å². The minimum Gasteiger partial charge on any atom is -0.461 e. The summed E-state index contributed by atoms with van der Waals surface area (Å²) in [7, 11) is 0. The number of aromatic nitrogens is 1. The average molecular weight is 431 g/mol. The van der Waals surface area contributed by atoms with Crippen molar-refractivity contribution in [2.75, 3.05) is 4.47 Å². The summed E-state index contributed by atoms with van der Waals surface area (Å²) in [5.41, 5.74) is 4.30. The van der Waals surface area contributed by atoms with E-state index in [2.05, 4.69) is 11.7 Å². The molecule has 0 aliphatic rings. The topological polar surface area (TPSA) is 62.6 Å². The van der Waals surface area contributed by atoms with Gasteiger partial charge in [0.05, 0.1) is 0 Å². The van der Waals surface area contributed by atoms with Crippen LogP contribution in [0.15, 0.2) is 56.9 Å². The summed E-state index contributed by atoms with van der Waals surface area (Å²) in [5.74, 6) is 2.23. The Hall–Kier alpha value is -2.41. The zero-order valence-electron chi connectivity index (χ0n) is 16.8. The Morgan fingerprint density at radius 2 is 2.10 bits per heavy atom. The standard InChI is InChI=1S/C22H23ClN2O3S/c1-6-8-17(18-10-9-16(12-23)19-11-13(3)27-21(18)19)20(7-2)29-25(26)22-14(4)15(5)28-24-22/h6-11,26H,1,12H2,2-5H3/b17-8-,20-7+. The summed E-state index contributed by atoms with van der Waals surface area (Å²) in [4.78, 5) is 0.807. The van der Waals surface area contributed by atoms with Gasteiger partial charge in [-0.1, -0.05) is 42.1 Å². The van der Waals surface area contributed by atoms with Crippen molar-refractivity contribution in [3.05, 3.63) is 76.1 Å². The Kier molecular flexibility index (Phi) is 6.57. The number of allylic oxidation sites excluding steroid dienone is 4. The number of benzene rings is 1. The molecule has 0 saturated heterocycles. The van der Waals surface area contributed by atoms with Gasteiger partial charge in [0.25, 0.3) is 0 Å². The van der Waals surface area contributed by atoms with Crippen LogP contribution in [0.1, 0.15) is 35.1 Å². The number of hydrogen-bond acceptors (Lipinski definition) is 6. The lowest BCUT2D eigenvalue weighted by Crippen LogP contribution is -2.10. The summed E-state index contributed by atoms with van der Waals surface area (Å²) < 4.78 is 12.2. The predicted molar refractivity (Wildman–Crippen MR) is 120 cm³/mol. The maximum Gasteiger partial charge on any atom is 0.210 e. The van der Waals surface area contributed by atoms with E-state index in [1.807, 2.05) is 51.1 Å². The van der Waals surface area contributed by atoms with Crippen LogP contribution in [0.4, 0.5) is 5.82 Å². The fraction of sp³-hybridized carbons (Fsp3) is 0.227. The molecule has 1 aromatic carbocycles. The number of rotatable bonds is 7. The van der Waals surface area contributed by atoms with Gasteiger partial charge >= 0.3 is 0 Å². The van der Waals surface area contributed by atoms with Crippen LogP contribution in [0.25, 0.3) is 16.5 Å². The van der Waals surface area contributed by atoms with E-state index in [1.54, 1.807) is 13.0 Å². The van der Waals surface area contributed by atoms with Gasteiger partial charge in [-0.2, -0.15) is 4.47 Å². The highest BCUT2D eigenvalue weighted by molar-refractivity contribution is 8.04. The second-order valence-electron chi connectivity index (χ2n) is 6.53. The third kappa shape index (κ3) is 4.15. The number of hydrogen-bond donors (Lipinski definition) is 1. The van der Waals surface area contributed by atoms with Crippen molar-refractivity contribution in [2.45, 2.75) is 33.6 Å². The summed E-state index contributed by atoms with van der Waals surface area (Å²) in [5, 5.41) is 15.5. The van der Waals surface area contributed by atoms with Crippen LogP contribution in [-0.4, -0.2) is 10.4 Å². The number of furan rings is 1. The van der Waals surface area contributed by atoms with Crippen LogP contribution in [0.2, 0.25) is 0 Å². The van der Waals surface area contributed by atoms with Gasteiger partial charge in [-0.3, -0.25) is 5.21 Å². The molecule has 3 rings (SSSR count). The van der Waals surface area contributed by atoms with E-state index in [9.17, 15) is 5.21 Å². The van der Waals surface area contributed by atoms with Crippen molar-refractivity contribution >= 4 is 45.9 Å². The smallest absolute Gasteiger partial charge is 0.210 e. The molecule has 29 heavy (non-hydrogen) atoms. The molecule has 3 aromatic rings. The minimum atomic E-state index is 0.362. The molecule has 1 N–H and O–H groups in total. The number of alkyl halides is 1. The van der Waals surface area contributed by atoms with Gasteiger partial charge in [-0.25, -0.2) is 0 Å². The third-order valence-electron chi connectivity index (χ3n) is 4.64. The van der Waals surface area contributed by atoms with Crippen LogP contribution in [0, 0.1) is 20.8 Å².